The molecule has 0 aromatic rings. The van der Waals surface area contributed by atoms with Crippen molar-refractivity contribution in [2.75, 3.05) is 0 Å². The molecule has 3 unspecified atom stereocenters. The van der Waals surface area contributed by atoms with Crippen LogP contribution in [0, 0.1) is 23.2 Å². The van der Waals surface area contributed by atoms with E-state index in [1.807, 2.05) is 13.8 Å². The molecule has 0 aromatic heterocycles. The van der Waals surface area contributed by atoms with E-state index in [1.165, 1.54) is 49.7 Å². The third-order valence-electron chi connectivity index (χ3n) is 13.2. The summed E-state index contributed by atoms with van der Waals surface area (Å²) in [7, 11) is -4.00. The van der Waals surface area contributed by atoms with Gasteiger partial charge >= 0.3 is 0 Å². The first-order chi connectivity index (χ1) is 20.2. The molecule has 0 bridgehead atoms. The van der Waals surface area contributed by atoms with E-state index >= 15 is 0 Å². The van der Waals surface area contributed by atoms with Crippen LogP contribution in [0.15, 0.2) is 35.5 Å². The van der Waals surface area contributed by atoms with Gasteiger partial charge in [0.2, 0.25) is 0 Å². The van der Waals surface area contributed by atoms with Gasteiger partial charge in [-0.25, -0.2) is 0 Å². The molecule has 0 spiro atoms. The first-order valence-electron chi connectivity index (χ1n) is 18.4. The van der Waals surface area contributed by atoms with Gasteiger partial charge in [0.05, 0.1) is 17.3 Å². The van der Waals surface area contributed by atoms with Crippen LogP contribution in [-0.4, -0.2) is 39.0 Å². The number of fused-ring (bicyclic) bond motifs is 1. The van der Waals surface area contributed by atoms with Gasteiger partial charge in [-0.3, -0.25) is 0 Å². The molecule has 6 atom stereocenters. The Morgan fingerprint density at radius 3 is 2.11 bits per heavy atom. The van der Waals surface area contributed by atoms with E-state index < -0.39 is 22.2 Å². The van der Waals surface area contributed by atoms with Crippen LogP contribution in [0.1, 0.15) is 140 Å². The lowest BCUT2D eigenvalue weighted by atomic mass is 9.60. The Balaban J connectivity index is 1.91. The monoisotopic (exact) mass is 659 g/mol. The Morgan fingerprint density at radius 2 is 1.56 bits per heavy atom. The normalized spacial score (nSPS) is 33.2. The summed E-state index contributed by atoms with van der Waals surface area (Å²) in [4.78, 5) is 0. The summed E-state index contributed by atoms with van der Waals surface area (Å²) in [5.41, 5.74) is 3.74. The average Bonchev–Trinajstić information content (AvgIpc) is 3.20. The standard InChI is InChI=1S/C40H74O3Si2/c1-29(19-17-25-38(9,10)41)33-23-24-34-31(20-18-26-40(33,34)12)21-22-32-27-39(11,43-45(15,16)37(6,7)8)28-35(30(32)2)42-44(13,14)36(3,4)5/h21-22,29,33-35,41H,2,17-20,23-28H2,1,3-16H3/t29-,33?,34?,35?,39+,40+/m0/s1. The highest BCUT2D eigenvalue weighted by Gasteiger charge is 2.51. The molecule has 3 fully saturated rings. The summed E-state index contributed by atoms with van der Waals surface area (Å²) in [6.07, 6.45) is 16.5. The van der Waals surface area contributed by atoms with Gasteiger partial charge in [-0.15, -0.1) is 0 Å². The van der Waals surface area contributed by atoms with E-state index in [4.69, 9.17) is 15.4 Å². The van der Waals surface area contributed by atoms with Gasteiger partial charge in [0.15, 0.2) is 16.6 Å². The lowest BCUT2D eigenvalue weighted by Crippen LogP contribution is -2.53. The van der Waals surface area contributed by atoms with Crippen molar-refractivity contribution in [1.29, 1.82) is 0 Å². The van der Waals surface area contributed by atoms with Gasteiger partial charge in [-0.05, 0) is 130 Å². The maximum atomic E-state index is 10.3. The first kappa shape index (κ1) is 39.0. The molecule has 260 valence electrons. The molecule has 0 saturated heterocycles. The van der Waals surface area contributed by atoms with Crippen molar-refractivity contribution in [1.82, 2.24) is 0 Å². The Labute approximate surface area is 282 Å². The third-order valence-corrected chi connectivity index (χ3v) is 22.3. The molecule has 1 N–H and O–H groups in total. The minimum Gasteiger partial charge on any atom is -0.411 e. The number of rotatable bonds is 10. The van der Waals surface area contributed by atoms with Crippen LogP contribution < -0.4 is 0 Å². The highest BCUT2D eigenvalue weighted by Crippen LogP contribution is 2.60. The fourth-order valence-electron chi connectivity index (χ4n) is 8.45. The fourth-order valence-corrected chi connectivity index (χ4v) is 11.4. The van der Waals surface area contributed by atoms with Crippen molar-refractivity contribution >= 4 is 16.6 Å². The summed E-state index contributed by atoms with van der Waals surface area (Å²) in [5, 5.41) is 10.6. The molecule has 0 heterocycles. The SMILES string of the molecule is C=C1C(=CC=C2CCC[C@@]3(C)C2CCC3[C@@H](C)CCCC(C)(C)O)C[C@@](C)(O[Si](C)(C)C(C)(C)C)CC1O[Si](C)(C)C(C)(C)C. The van der Waals surface area contributed by atoms with E-state index in [0.29, 0.717) is 17.3 Å². The van der Waals surface area contributed by atoms with E-state index in [9.17, 15) is 5.11 Å². The molecule has 3 aliphatic rings. The Bertz CT molecular complexity index is 1110. The van der Waals surface area contributed by atoms with Gasteiger partial charge in [0.1, 0.15) is 0 Å². The minimum absolute atomic E-state index is 0.00343. The van der Waals surface area contributed by atoms with Crippen molar-refractivity contribution in [3.05, 3.63) is 35.5 Å². The zero-order valence-electron chi connectivity index (χ0n) is 32.5. The summed E-state index contributed by atoms with van der Waals surface area (Å²) in [5.74, 6) is 2.16. The van der Waals surface area contributed by atoms with Crippen molar-refractivity contribution in [2.45, 2.75) is 194 Å². The summed E-state index contributed by atoms with van der Waals surface area (Å²) in [6, 6.07) is 0. The van der Waals surface area contributed by atoms with Crippen LogP contribution in [0.3, 0.4) is 0 Å². The van der Waals surface area contributed by atoms with Crippen molar-refractivity contribution in [3.8, 4) is 0 Å². The quantitative estimate of drug-likeness (QED) is 0.237. The fraction of sp³-hybridized carbons (Fsp3) is 0.850. The molecule has 3 saturated carbocycles. The molecule has 3 aliphatic carbocycles. The maximum Gasteiger partial charge on any atom is 0.192 e. The average molecular weight is 659 g/mol. The highest BCUT2D eigenvalue weighted by molar-refractivity contribution is 6.74. The molecular formula is C40H74O3Si2. The number of hydrogen-bond acceptors (Lipinski definition) is 3. The van der Waals surface area contributed by atoms with Crippen LogP contribution >= 0.6 is 0 Å². The molecule has 45 heavy (non-hydrogen) atoms. The largest absolute Gasteiger partial charge is 0.411 e. The Morgan fingerprint density at radius 1 is 0.956 bits per heavy atom. The lowest BCUT2D eigenvalue weighted by molar-refractivity contribution is 0.0172. The van der Waals surface area contributed by atoms with E-state index in [0.717, 1.165) is 31.6 Å². The topological polar surface area (TPSA) is 38.7 Å². The Kier molecular flexibility index (Phi) is 11.6. The molecule has 3 nitrogen and oxygen atoms in total. The highest BCUT2D eigenvalue weighted by atomic mass is 28.4. The van der Waals surface area contributed by atoms with Crippen LogP contribution in [0.5, 0.6) is 0 Å². The van der Waals surface area contributed by atoms with Crippen LogP contribution in [0.4, 0.5) is 0 Å². The predicted molar refractivity (Wildman–Crippen MR) is 201 cm³/mol. The molecule has 5 heteroatoms. The van der Waals surface area contributed by atoms with Gasteiger partial charge in [-0.2, -0.15) is 0 Å². The van der Waals surface area contributed by atoms with E-state index in [1.54, 1.807) is 5.57 Å². The molecule has 0 amide bonds. The molecule has 0 radical (unpaired) electrons. The number of aliphatic hydroxyl groups is 1. The smallest absolute Gasteiger partial charge is 0.192 e. The Hall–Kier alpha value is -0.466. The molecule has 0 aliphatic heterocycles. The van der Waals surface area contributed by atoms with Crippen LogP contribution in [-0.2, 0) is 8.85 Å². The number of hydrogen-bond donors (Lipinski definition) is 1. The van der Waals surface area contributed by atoms with Crippen molar-refractivity contribution in [3.63, 3.8) is 0 Å². The second-order valence-electron chi connectivity index (χ2n) is 19.8. The minimum atomic E-state index is -2.00. The van der Waals surface area contributed by atoms with Crippen molar-refractivity contribution in [2.24, 2.45) is 23.2 Å². The van der Waals surface area contributed by atoms with Gasteiger partial charge < -0.3 is 14.0 Å². The van der Waals surface area contributed by atoms with Crippen LogP contribution in [0.2, 0.25) is 36.3 Å². The zero-order valence-corrected chi connectivity index (χ0v) is 34.5. The lowest BCUT2D eigenvalue weighted by Gasteiger charge is -2.50. The van der Waals surface area contributed by atoms with Crippen LogP contribution in [0.25, 0.3) is 0 Å². The van der Waals surface area contributed by atoms with E-state index in [-0.39, 0.29) is 21.8 Å². The third kappa shape index (κ3) is 9.16. The summed E-state index contributed by atoms with van der Waals surface area (Å²) < 4.78 is 14.4. The summed E-state index contributed by atoms with van der Waals surface area (Å²) in [6.45, 7) is 39.6. The second-order valence-corrected chi connectivity index (χ2v) is 29.3. The number of allylic oxidation sites excluding steroid dienone is 3. The first-order valence-corrected chi connectivity index (χ1v) is 24.2. The van der Waals surface area contributed by atoms with Gasteiger partial charge in [0.25, 0.3) is 0 Å². The molecule has 3 rings (SSSR count). The van der Waals surface area contributed by atoms with Gasteiger partial charge in [0, 0.05) is 12.8 Å². The predicted octanol–water partition coefficient (Wildman–Crippen LogP) is 12.2. The maximum absolute atomic E-state index is 10.3. The zero-order chi connectivity index (χ0) is 34.4. The second kappa shape index (κ2) is 13.4. The summed E-state index contributed by atoms with van der Waals surface area (Å²) >= 11 is 0. The van der Waals surface area contributed by atoms with Crippen molar-refractivity contribution < 1.29 is 14.0 Å². The molecule has 0 aromatic carbocycles. The van der Waals surface area contributed by atoms with E-state index in [2.05, 4.69) is 101 Å². The van der Waals surface area contributed by atoms with Gasteiger partial charge in [-0.1, -0.05) is 92.5 Å². The molecular weight excluding hydrogens is 585 g/mol.